The van der Waals surface area contributed by atoms with Gasteiger partial charge < -0.3 is 4.99 Å². The Morgan fingerprint density at radius 2 is 2.07 bits per heavy atom. The molecule has 0 spiro atoms. The third-order valence-corrected chi connectivity index (χ3v) is 4.34. The number of rotatable bonds is 6. The number of aliphatic imine (C=N–C) groups is 1. The molecule has 1 nitrogen and oxygen atoms in total. The molecule has 1 heteroatoms. The summed E-state index contributed by atoms with van der Waals surface area (Å²) in [5.74, 6) is 1.85. The van der Waals surface area contributed by atoms with Crippen LogP contribution < -0.4 is 0 Å². The van der Waals surface area contributed by atoms with Crippen LogP contribution in [-0.2, 0) is 0 Å². The van der Waals surface area contributed by atoms with Crippen molar-refractivity contribution in [1.82, 2.24) is 0 Å². The Morgan fingerprint density at radius 1 is 1.36 bits per heavy atom. The predicted octanol–water partition coefficient (Wildman–Crippen LogP) is 3.93. The molecule has 82 valence electrons. The monoisotopic (exact) mass is 195 g/mol. The van der Waals surface area contributed by atoms with Crippen molar-refractivity contribution in [3.8, 4) is 0 Å². The Bertz CT molecular complexity index is 197. The minimum absolute atomic E-state index is 0.678. The van der Waals surface area contributed by atoms with Crippen LogP contribution in [0.2, 0.25) is 0 Å². The van der Waals surface area contributed by atoms with Gasteiger partial charge in [0.25, 0.3) is 0 Å². The third-order valence-electron chi connectivity index (χ3n) is 4.34. The summed E-state index contributed by atoms with van der Waals surface area (Å²) in [6.07, 6.45) is 8.83. The number of hydrogen-bond donors (Lipinski definition) is 0. The first-order chi connectivity index (χ1) is 6.72. The molecule has 1 aliphatic carbocycles. The molecule has 0 aliphatic heterocycles. The molecular weight excluding hydrogens is 170 g/mol. The smallest absolute Gasteiger partial charge is 0.0273 e. The van der Waals surface area contributed by atoms with E-state index < -0.39 is 0 Å². The van der Waals surface area contributed by atoms with Crippen molar-refractivity contribution in [3.05, 3.63) is 0 Å². The lowest BCUT2D eigenvalue weighted by Gasteiger charge is -2.14. The maximum absolute atomic E-state index is 4.11. The van der Waals surface area contributed by atoms with E-state index in [0.29, 0.717) is 5.41 Å². The second kappa shape index (κ2) is 4.95. The van der Waals surface area contributed by atoms with Gasteiger partial charge in [0, 0.05) is 7.05 Å². The van der Waals surface area contributed by atoms with E-state index in [1.54, 1.807) is 0 Å². The highest BCUT2D eigenvalue weighted by Crippen LogP contribution is 2.64. The molecule has 0 amide bonds. The van der Waals surface area contributed by atoms with Gasteiger partial charge in [0.1, 0.15) is 0 Å². The fourth-order valence-corrected chi connectivity index (χ4v) is 3.14. The van der Waals surface area contributed by atoms with Crippen LogP contribution >= 0.6 is 0 Å². The standard InChI is InChI=1S/C13H25N/c1-5-7-9-13(6-2)11(3)12(13)8-10-14-4/h10-12H,5-9H2,1-4H3/b14-10+/t11-,12-,13-/m0/s1. The molecule has 0 unspecified atom stereocenters. The molecule has 0 aromatic carbocycles. The second-order valence-electron chi connectivity index (χ2n) is 4.76. The van der Waals surface area contributed by atoms with Crippen LogP contribution in [0.4, 0.5) is 0 Å². The maximum Gasteiger partial charge on any atom is 0.0273 e. The van der Waals surface area contributed by atoms with E-state index in [1.165, 1.54) is 32.1 Å². The average Bonchev–Trinajstić information content (AvgIpc) is 2.77. The molecule has 0 radical (unpaired) electrons. The van der Waals surface area contributed by atoms with Gasteiger partial charge in [-0.1, -0.05) is 33.6 Å². The van der Waals surface area contributed by atoms with Crippen LogP contribution in [0.3, 0.4) is 0 Å². The molecule has 0 N–H and O–H groups in total. The summed E-state index contributed by atoms with van der Waals surface area (Å²) in [5.41, 5.74) is 0.678. The van der Waals surface area contributed by atoms with Crippen LogP contribution in [0.25, 0.3) is 0 Å². The normalized spacial score (nSPS) is 36.6. The molecular formula is C13H25N. The lowest BCUT2D eigenvalue weighted by molar-refractivity contribution is 0.374. The van der Waals surface area contributed by atoms with Gasteiger partial charge in [-0.05, 0) is 42.7 Å². The fraction of sp³-hybridized carbons (Fsp3) is 0.923. The second-order valence-corrected chi connectivity index (χ2v) is 4.76. The van der Waals surface area contributed by atoms with E-state index in [4.69, 9.17) is 0 Å². The van der Waals surface area contributed by atoms with Crippen molar-refractivity contribution in [2.75, 3.05) is 7.05 Å². The molecule has 0 bridgehead atoms. The van der Waals surface area contributed by atoms with Crippen molar-refractivity contribution < 1.29 is 0 Å². The van der Waals surface area contributed by atoms with Gasteiger partial charge in [-0.3, -0.25) is 0 Å². The van der Waals surface area contributed by atoms with E-state index in [0.717, 1.165) is 11.8 Å². The van der Waals surface area contributed by atoms with E-state index in [-0.39, 0.29) is 0 Å². The first-order valence-corrected chi connectivity index (χ1v) is 6.13. The molecule has 1 saturated carbocycles. The van der Waals surface area contributed by atoms with Crippen molar-refractivity contribution in [2.45, 2.75) is 52.9 Å². The Balaban J connectivity index is 2.47. The minimum Gasteiger partial charge on any atom is -0.301 e. The van der Waals surface area contributed by atoms with Gasteiger partial charge in [0.15, 0.2) is 0 Å². The van der Waals surface area contributed by atoms with Gasteiger partial charge in [-0.2, -0.15) is 0 Å². The molecule has 0 saturated heterocycles. The Kier molecular flexibility index (Phi) is 4.15. The van der Waals surface area contributed by atoms with Gasteiger partial charge >= 0.3 is 0 Å². The molecule has 1 fully saturated rings. The van der Waals surface area contributed by atoms with E-state index in [9.17, 15) is 0 Å². The predicted molar refractivity (Wildman–Crippen MR) is 63.9 cm³/mol. The topological polar surface area (TPSA) is 12.4 Å². The number of unbranched alkanes of at least 4 members (excludes halogenated alkanes) is 1. The highest BCUT2D eigenvalue weighted by atomic mass is 14.7. The first kappa shape index (κ1) is 11.7. The lowest BCUT2D eigenvalue weighted by Crippen LogP contribution is -2.04. The molecule has 1 aliphatic rings. The Labute approximate surface area is 89.0 Å². The number of hydrogen-bond acceptors (Lipinski definition) is 1. The highest BCUT2D eigenvalue weighted by Gasteiger charge is 2.58. The zero-order valence-corrected chi connectivity index (χ0v) is 10.2. The Morgan fingerprint density at radius 3 is 2.57 bits per heavy atom. The molecule has 3 atom stereocenters. The van der Waals surface area contributed by atoms with Gasteiger partial charge in [0.05, 0.1) is 0 Å². The zero-order chi connectivity index (χ0) is 10.6. The van der Waals surface area contributed by atoms with Gasteiger partial charge in [-0.15, -0.1) is 0 Å². The molecule has 1 rings (SSSR count). The molecule has 14 heavy (non-hydrogen) atoms. The largest absolute Gasteiger partial charge is 0.301 e. The van der Waals surface area contributed by atoms with Crippen molar-refractivity contribution in [1.29, 1.82) is 0 Å². The summed E-state index contributed by atoms with van der Waals surface area (Å²) in [5, 5.41) is 0. The summed E-state index contributed by atoms with van der Waals surface area (Å²) < 4.78 is 0. The van der Waals surface area contributed by atoms with Crippen LogP contribution in [0.15, 0.2) is 4.99 Å². The van der Waals surface area contributed by atoms with Crippen LogP contribution in [-0.4, -0.2) is 13.3 Å². The summed E-state index contributed by atoms with van der Waals surface area (Å²) in [6.45, 7) is 7.07. The third kappa shape index (κ3) is 2.02. The lowest BCUT2D eigenvalue weighted by atomic mass is 9.91. The summed E-state index contributed by atoms with van der Waals surface area (Å²) in [7, 11) is 1.88. The van der Waals surface area contributed by atoms with Crippen LogP contribution in [0.1, 0.15) is 52.9 Å². The maximum atomic E-state index is 4.11. The van der Waals surface area contributed by atoms with Crippen molar-refractivity contribution in [3.63, 3.8) is 0 Å². The quantitative estimate of drug-likeness (QED) is 0.569. The molecule has 0 heterocycles. The highest BCUT2D eigenvalue weighted by molar-refractivity contribution is 5.58. The molecule has 0 aromatic rings. The van der Waals surface area contributed by atoms with E-state index in [2.05, 4.69) is 32.0 Å². The van der Waals surface area contributed by atoms with E-state index >= 15 is 0 Å². The average molecular weight is 195 g/mol. The van der Waals surface area contributed by atoms with E-state index in [1.807, 2.05) is 7.05 Å². The van der Waals surface area contributed by atoms with Crippen molar-refractivity contribution >= 4 is 6.21 Å². The summed E-state index contributed by atoms with van der Waals surface area (Å²) in [4.78, 5) is 4.11. The minimum atomic E-state index is 0.678. The number of nitrogens with zero attached hydrogens (tertiary/aromatic N) is 1. The molecule has 0 aromatic heterocycles. The van der Waals surface area contributed by atoms with Gasteiger partial charge in [-0.25, -0.2) is 0 Å². The zero-order valence-electron chi connectivity index (χ0n) is 10.2. The van der Waals surface area contributed by atoms with Crippen LogP contribution in [0.5, 0.6) is 0 Å². The first-order valence-electron chi connectivity index (χ1n) is 6.13. The SMILES string of the molecule is CCCC[C@@]1(CC)[C@@H](C)[C@@H]1C/C=N/C. The van der Waals surface area contributed by atoms with Crippen molar-refractivity contribution in [2.24, 2.45) is 22.2 Å². The summed E-state index contributed by atoms with van der Waals surface area (Å²) in [6, 6.07) is 0. The van der Waals surface area contributed by atoms with Gasteiger partial charge in [0.2, 0.25) is 0 Å². The fourth-order valence-electron chi connectivity index (χ4n) is 3.14. The van der Waals surface area contributed by atoms with Crippen LogP contribution in [0, 0.1) is 17.3 Å². The Hall–Kier alpha value is -0.330. The summed E-state index contributed by atoms with van der Waals surface area (Å²) >= 11 is 0.